The van der Waals surface area contributed by atoms with E-state index in [4.69, 9.17) is 5.11 Å². The Morgan fingerprint density at radius 3 is 2.33 bits per heavy atom. The van der Waals surface area contributed by atoms with Crippen LogP contribution >= 0.6 is 0 Å². The molecule has 1 aromatic carbocycles. The highest BCUT2D eigenvalue weighted by molar-refractivity contribution is 7.89. The van der Waals surface area contributed by atoms with Gasteiger partial charge in [-0.25, -0.2) is 17.9 Å². The Kier molecular flexibility index (Phi) is 4.63. The lowest BCUT2D eigenvalue weighted by Gasteiger charge is -2.06. The molecule has 0 unspecified atom stereocenters. The number of carboxylic acids is 1. The first kappa shape index (κ1) is 14.4. The van der Waals surface area contributed by atoms with Crippen molar-refractivity contribution in [3.63, 3.8) is 0 Å². The van der Waals surface area contributed by atoms with Gasteiger partial charge in [0, 0.05) is 6.54 Å². The minimum Gasteiger partial charge on any atom is -0.478 e. The Morgan fingerprint density at radius 1 is 1.33 bits per heavy atom. The van der Waals surface area contributed by atoms with E-state index >= 15 is 0 Å². The van der Waals surface area contributed by atoms with Gasteiger partial charge in [-0.2, -0.15) is 0 Å². The van der Waals surface area contributed by atoms with Crippen molar-refractivity contribution in [2.75, 3.05) is 5.75 Å². The minimum absolute atomic E-state index is 0.111. The van der Waals surface area contributed by atoms with E-state index in [0.29, 0.717) is 11.1 Å². The van der Waals surface area contributed by atoms with E-state index in [1.165, 1.54) is 12.1 Å². The molecule has 0 amide bonds. The second kappa shape index (κ2) is 5.79. The van der Waals surface area contributed by atoms with Crippen LogP contribution in [0.4, 0.5) is 0 Å². The van der Waals surface area contributed by atoms with Crippen LogP contribution in [0.3, 0.4) is 0 Å². The molecule has 5 nitrogen and oxygen atoms in total. The van der Waals surface area contributed by atoms with Gasteiger partial charge in [0.05, 0.1) is 11.3 Å². The smallest absolute Gasteiger partial charge is 0.335 e. The van der Waals surface area contributed by atoms with Gasteiger partial charge >= 0.3 is 5.97 Å². The number of hydrogen-bond donors (Lipinski definition) is 2. The lowest BCUT2D eigenvalue weighted by atomic mass is 10.1. The Hall–Kier alpha value is -1.66. The molecule has 0 saturated heterocycles. The molecule has 1 rings (SSSR count). The molecule has 0 atom stereocenters. The van der Waals surface area contributed by atoms with Crippen LogP contribution < -0.4 is 4.72 Å². The molecule has 18 heavy (non-hydrogen) atoms. The molecule has 6 heteroatoms. The molecular formula is C12H15NO4S. The molecule has 0 aliphatic heterocycles. The number of carbonyl (C=O) groups is 1. The molecule has 2 N–H and O–H groups in total. The fourth-order valence-corrected chi connectivity index (χ4v) is 2.47. The summed E-state index contributed by atoms with van der Waals surface area (Å²) in [6.07, 6.45) is 0. The third-order valence-corrected chi connectivity index (χ3v) is 3.59. The molecule has 0 bridgehead atoms. The number of nitrogens with one attached hydrogen (secondary N) is 1. The van der Waals surface area contributed by atoms with Crippen molar-refractivity contribution in [3.8, 4) is 0 Å². The lowest BCUT2D eigenvalue weighted by Crippen LogP contribution is -2.26. The van der Waals surface area contributed by atoms with Crippen LogP contribution in [0.5, 0.6) is 0 Å². The van der Waals surface area contributed by atoms with Gasteiger partial charge in [0.25, 0.3) is 0 Å². The Morgan fingerprint density at radius 2 is 1.89 bits per heavy atom. The number of hydrogen-bond acceptors (Lipinski definition) is 3. The Labute approximate surface area is 106 Å². The Balaban J connectivity index is 2.64. The van der Waals surface area contributed by atoms with Crippen molar-refractivity contribution >= 4 is 16.0 Å². The second-order valence-corrected chi connectivity index (χ2v) is 5.85. The monoisotopic (exact) mass is 269 g/mol. The minimum atomic E-state index is -3.37. The third kappa shape index (κ3) is 4.68. The van der Waals surface area contributed by atoms with Gasteiger partial charge < -0.3 is 5.11 Å². The summed E-state index contributed by atoms with van der Waals surface area (Å²) < 4.78 is 25.5. The second-order valence-electron chi connectivity index (χ2n) is 4.04. The molecule has 0 aliphatic rings. The first-order valence-electron chi connectivity index (χ1n) is 5.24. The molecule has 0 saturated carbocycles. The highest BCUT2D eigenvalue weighted by Crippen LogP contribution is 2.05. The lowest BCUT2D eigenvalue weighted by molar-refractivity contribution is 0.0697. The zero-order chi connectivity index (χ0) is 13.8. The predicted molar refractivity (Wildman–Crippen MR) is 68.8 cm³/mol. The van der Waals surface area contributed by atoms with Crippen LogP contribution in [0.25, 0.3) is 0 Å². The maximum absolute atomic E-state index is 11.5. The van der Waals surface area contributed by atoms with Crippen molar-refractivity contribution in [1.29, 1.82) is 0 Å². The average molecular weight is 269 g/mol. The average Bonchev–Trinajstić information content (AvgIpc) is 2.25. The molecule has 1 aromatic rings. The normalized spacial score (nSPS) is 11.2. The van der Waals surface area contributed by atoms with Gasteiger partial charge in [-0.1, -0.05) is 24.3 Å². The number of rotatable bonds is 6. The molecule has 98 valence electrons. The van der Waals surface area contributed by atoms with Crippen LogP contribution in [0.2, 0.25) is 0 Å². The van der Waals surface area contributed by atoms with Gasteiger partial charge in [-0.05, 0) is 24.6 Å². The van der Waals surface area contributed by atoms with Crippen LogP contribution in [0.15, 0.2) is 36.4 Å². The van der Waals surface area contributed by atoms with Gasteiger partial charge in [-0.15, -0.1) is 0 Å². The fourth-order valence-electron chi connectivity index (χ4n) is 1.33. The van der Waals surface area contributed by atoms with Gasteiger partial charge in [0.15, 0.2) is 0 Å². The van der Waals surface area contributed by atoms with Crippen molar-refractivity contribution in [3.05, 3.63) is 47.5 Å². The maximum Gasteiger partial charge on any atom is 0.335 e. The number of benzene rings is 1. The highest BCUT2D eigenvalue weighted by atomic mass is 32.2. The van der Waals surface area contributed by atoms with Gasteiger partial charge in [-0.3, -0.25) is 0 Å². The molecule has 0 radical (unpaired) electrons. The standard InChI is InChI=1S/C12H15NO4S/c1-9(2)8-18(16,17)13-7-10-3-5-11(6-4-10)12(14)15/h3-6,13H,1,7-8H2,2H3,(H,14,15). The zero-order valence-electron chi connectivity index (χ0n) is 10.0. The highest BCUT2D eigenvalue weighted by Gasteiger charge is 2.10. The van der Waals surface area contributed by atoms with E-state index in [2.05, 4.69) is 11.3 Å². The molecular weight excluding hydrogens is 254 g/mol. The van der Waals surface area contributed by atoms with E-state index in [9.17, 15) is 13.2 Å². The van der Waals surface area contributed by atoms with Crippen molar-refractivity contribution < 1.29 is 18.3 Å². The summed E-state index contributed by atoms with van der Waals surface area (Å²) in [4.78, 5) is 10.6. The van der Waals surface area contributed by atoms with E-state index in [0.717, 1.165) is 0 Å². The first-order valence-corrected chi connectivity index (χ1v) is 6.89. The predicted octanol–water partition coefficient (Wildman–Crippen LogP) is 1.38. The van der Waals surface area contributed by atoms with Crippen LogP contribution in [-0.2, 0) is 16.6 Å². The van der Waals surface area contributed by atoms with E-state index in [1.54, 1.807) is 19.1 Å². The summed E-state index contributed by atoms with van der Waals surface area (Å²) in [7, 11) is -3.37. The fraction of sp³-hybridized carbons (Fsp3) is 0.250. The largest absolute Gasteiger partial charge is 0.478 e. The molecule has 0 spiro atoms. The van der Waals surface area contributed by atoms with Crippen molar-refractivity contribution in [1.82, 2.24) is 4.72 Å². The zero-order valence-corrected chi connectivity index (χ0v) is 10.8. The molecule has 0 aliphatic carbocycles. The summed E-state index contributed by atoms with van der Waals surface area (Å²) in [6, 6.07) is 6.02. The SMILES string of the molecule is C=C(C)CS(=O)(=O)NCc1ccc(C(=O)O)cc1. The molecule has 0 aromatic heterocycles. The number of sulfonamides is 1. The number of aromatic carboxylic acids is 1. The topological polar surface area (TPSA) is 83.5 Å². The van der Waals surface area contributed by atoms with Gasteiger partial charge in [0.2, 0.25) is 10.0 Å². The van der Waals surface area contributed by atoms with E-state index in [1.807, 2.05) is 0 Å². The molecule has 0 fully saturated rings. The number of carboxylic acid groups (broad SMARTS) is 1. The summed E-state index contributed by atoms with van der Waals surface area (Å²) in [6.45, 7) is 5.32. The summed E-state index contributed by atoms with van der Waals surface area (Å²) in [5, 5.41) is 8.71. The van der Waals surface area contributed by atoms with Crippen molar-refractivity contribution in [2.45, 2.75) is 13.5 Å². The molecule has 0 heterocycles. The van der Waals surface area contributed by atoms with Crippen LogP contribution in [0, 0.1) is 0 Å². The van der Waals surface area contributed by atoms with E-state index in [-0.39, 0.29) is 17.9 Å². The summed E-state index contributed by atoms with van der Waals surface area (Å²) in [5.41, 5.74) is 1.43. The summed E-state index contributed by atoms with van der Waals surface area (Å²) in [5.74, 6) is -1.12. The Bertz CT molecular complexity index is 546. The summed E-state index contributed by atoms with van der Waals surface area (Å²) >= 11 is 0. The first-order chi connectivity index (χ1) is 8.30. The third-order valence-electron chi connectivity index (χ3n) is 2.13. The quantitative estimate of drug-likeness (QED) is 0.764. The van der Waals surface area contributed by atoms with Crippen molar-refractivity contribution in [2.24, 2.45) is 0 Å². The van der Waals surface area contributed by atoms with Crippen LogP contribution in [-0.4, -0.2) is 25.2 Å². The van der Waals surface area contributed by atoms with Gasteiger partial charge in [0.1, 0.15) is 0 Å². The van der Waals surface area contributed by atoms with E-state index < -0.39 is 16.0 Å². The van der Waals surface area contributed by atoms with Crippen LogP contribution in [0.1, 0.15) is 22.8 Å². The maximum atomic E-state index is 11.5.